The van der Waals surface area contributed by atoms with Gasteiger partial charge in [0.25, 0.3) is 0 Å². The average molecular weight is 343 g/mol. The summed E-state index contributed by atoms with van der Waals surface area (Å²) in [5, 5.41) is 8.86. The first-order chi connectivity index (χ1) is 9.47. The molecule has 108 valence electrons. The minimum absolute atomic E-state index is 0.0771. The van der Waals surface area contributed by atoms with E-state index in [1.807, 2.05) is 0 Å². The van der Waals surface area contributed by atoms with Crippen LogP contribution in [-0.2, 0) is 14.3 Å². The average Bonchev–Trinajstić information content (AvgIpc) is 2.40. The summed E-state index contributed by atoms with van der Waals surface area (Å²) in [5.41, 5.74) is 0.724. The van der Waals surface area contributed by atoms with Crippen LogP contribution in [0.2, 0.25) is 0 Å². The number of hydrogen-bond donors (Lipinski definition) is 1. The number of carbonyl (C=O) groups is 2. The van der Waals surface area contributed by atoms with E-state index in [4.69, 9.17) is 14.6 Å². The van der Waals surface area contributed by atoms with Gasteiger partial charge in [-0.3, -0.25) is 4.79 Å². The molecule has 0 aliphatic rings. The summed E-state index contributed by atoms with van der Waals surface area (Å²) in [6.07, 6.45) is 1.08. The summed E-state index contributed by atoms with van der Waals surface area (Å²) in [6.45, 7) is 1.85. The first-order valence-electron chi connectivity index (χ1n) is 5.91. The second-order valence-electron chi connectivity index (χ2n) is 3.85. The predicted octanol–water partition coefficient (Wildman–Crippen LogP) is 2.88. The predicted molar refractivity (Wildman–Crippen MR) is 77.6 cm³/mol. The number of rotatable bonds is 6. The molecule has 0 fully saturated rings. The van der Waals surface area contributed by atoms with Crippen molar-refractivity contribution in [2.24, 2.45) is 0 Å². The summed E-state index contributed by atoms with van der Waals surface area (Å²) in [7, 11) is 1.53. The molecule has 0 spiro atoms. The van der Waals surface area contributed by atoms with Gasteiger partial charge in [-0.15, -0.1) is 0 Å². The molecule has 0 saturated carbocycles. The minimum atomic E-state index is -1.09. The number of methoxy groups -OCH3 is 1. The molecule has 1 aromatic carbocycles. The van der Waals surface area contributed by atoms with Gasteiger partial charge in [0.2, 0.25) is 0 Å². The standard InChI is InChI=1S/C14H15BrO5/c1-3-20-14(18)10(8-13(16)17)6-9-7-11(19-2)4-5-12(9)15/h4-7H,3,8H2,1-2H3,(H,16,17)/b10-6+. The van der Waals surface area contributed by atoms with E-state index >= 15 is 0 Å². The highest BCUT2D eigenvalue weighted by Crippen LogP contribution is 2.25. The third kappa shape index (κ3) is 4.70. The molecule has 1 N–H and O–H groups in total. The summed E-state index contributed by atoms with van der Waals surface area (Å²) in [5.74, 6) is -1.12. The van der Waals surface area contributed by atoms with Gasteiger partial charge in [0.15, 0.2) is 0 Å². The highest BCUT2D eigenvalue weighted by atomic mass is 79.9. The van der Waals surface area contributed by atoms with Gasteiger partial charge >= 0.3 is 11.9 Å². The third-order valence-corrected chi connectivity index (χ3v) is 3.13. The van der Waals surface area contributed by atoms with E-state index in [1.54, 1.807) is 25.1 Å². The lowest BCUT2D eigenvalue weighted by Gasteiger charge is -2.07. The number of benzene rings is 1. The van der Waals surface area contributed by atoms with Crippen LogP contribution in [0.25, 0.3) is 6.08 Å². The van der Waals surface area contributed by atoms with Gasteiger partial charge in [0, 0.05) is 10.0 Å². The van der Waals surface area contributed by atoms with Crippen molar-refractivity contribution in [1.82, 2.24) is 0 Å². The number of hydrogen-bond acceptors (Lipinski definition) is 4. The molecule has 0 atom stereocenters. The van der Waals surface area contributed by atoms with Crippen molar-refractivity contribution < 1.29 is 24.2 Å². The summed E-state index contributed by atoms with van der Waals surface area (Å²) in [6, 6.07) is 5.21. The Morgan fingerprint density at radius 1 is 1.40 bits per heavy atom. The van der Waals surface area contributed by atoms with Crippen molar-refractivity contribution in [1.29, 1.82) is 0 Å². The molecule has 0 unspecified atom stereocenters. The highest BCUT2D eigenvalue weighted by molar-refractivity contribution is 9.10. The number of carboxylic acid groups (broad SMARTS) is 1. The number of ether oxygens (including phenoxy) is 2. The van der Waals surface area contributed by atoms with Crippen LogP contribution >= 0.6 is 15.9 Å². The molecule has 1 rings (SSSR count). The van der Waals surface area contributed by atoms with E-state index in [-0.39, 0.29) is 12.2 Å². The Bertz CT molecular complexity index is 536. The van der Waals surface area contributed by atoms with E-state index in [2.05, 4.69) is 15.9 Å². The van der Waals surface area contributed by atoms with Crippen LogP contribution in [0.4, 0.5) is 0 Å². The molecule has 20 heavy (non-hydrogen) atoms. The van der Waals surface area contributed by atoms with Crippen molar-refractivity contribution in [3.8, 4) is 5.75 Å². The van der Waals surface area contributed by atoms with Gasteiger partial charge in [0.05, 0.1) is 20.1 Å². The molecule has 0 radical (unpaired) electrons. The first-order valence-corrected chi connectivity index (χ1v) is 6.70. The number of halogens is 1. The Morgan fingerprint density at radius 2 is 2.10 bits per heavy atom. The molecule has 0 aliphatic carbocycles. The molecule has 0 heterocycles. The molecule has 0 saturated heterocycles. The fourth-order valence-electron chi connectivity index (χ4n) is 1.52. The Hall–Kier alpha value is -1.82. The molecule has 1 aromatic rings. The lowest BCUT2D eigenvalue weighted by molar-refractivity contribution is -0.142. The quantitative estimate of drug-likeness (QED) is 0.635. The Balaban J connectivity index is 3.17. The van der Waals surface area contributed by atoms with Crippen molar-refractivity contribution >= 4 is 33.9 Å². The van der Waals surface area contributed by atoms with Crippen LogP contribution in [0, 0.1) is 0 Å². The Labute approximate surface area is 125 Å². The highest BCUT2D eigenvalue weighted by Gasteiger charge is 2.15. The third-order valence-electron chi connectivity index (χ3n) is 2.41. The maximum Gasteiger partial charge on any atom is 0.334 e. The number of esters is 1. The molecule has 0 aromatic heterocycles. The van der Waals surface area contributed by atoms with Gasteiger partial charge in [-0.2, -0.15) is 0 Å². The number of aliphatic carboxylic acids is 1. The van der Waals surface area contributed by atoms with Gasteiger partial charge in [-0.25, -0.2) is 4.79 Å². The van der Waals surface area contributed by atoms with Gasteiger partial charge in [0.1, 0.15) is 5.75 Å². The van der Waals surface area contributed by atoms with Gasteiger partial charge in [-0.1, -0.05) is 15.9 Å². The smallest absolute Gasteiger partial charge is 0.334 e. The maximum atomic E-state index is 11.7. The molecule has 0 aliphatic heterocycles. The van der Waals surface area contributed by atoms with Crippen LogP contribution < -0.4 is 4.74 Å². The molecule has 0 amide bonds. The lowest BCUT2D eigenvalue weighted by atomic mass is 10.1. The normalized spacial score (nSPS) is 11.1. The van der Waals surface area contributed by atoms with E-state index in [9.17, 15) is 9.59 Å². The van der Waals surface area contributed by atoms with Crippen LogP contribution in [0.15, 0.2) is 28.2 Å². The second-order valence-corrected chi connectivity index (χ2v) is 4.70. The monoisotopic (exact) mass is 342 g/mol. The molecule has 5 nitrogen and oxygen atoms in total. The fourth-order valence-corrected chi connectivity index (χ4v) is 1.88. The fraction of sp³-hybridized carbons (Fsp3) is 0.286. The van der Waals surface area contributed by atoms with Crippen LogP contribution in [0.1, 0.15) is 18.9 Å². The summed E-state index contributed by atoms with van der Waals surface area (Å²) in [4.78, 5) is 22.6. The molecule has 6 heteroatoms. The summed E-state index contributed by atoms with van der Waals surface area (Å²) >= 11 is 3.34. The van der Waals surface area contributed by atoms with Crippen molar-refractivity contribution in [3.05, 3.63) is 33.8 Å². The zero-order valence-corrected chi connectivity index (χ0v) is 12.8. The Kier molecular flexibility index (Phi) is 6.24. The maximum absolute atomic E-state index is 11.7. The van der Waals surface area contributed by atoms with E-state index < -0.39 is 18.4 Å². The van der Waals surface area contributed by atoms with Crippen LogP contribution in [-0.4, -0.2) is 30.8 Å². The SMILES string of the molecule is CCOC(=O)/C(=C/c1cc(OC)ccc1Br)CC(=O)O. The first kappa shape index (κ1) is 16.2. The topological polar surface area (TPSA) is 72.8 Å². The van der Waals surface area contributed by atoms with Crippen molar-refractivity contribution in [2.75, 3.05) is 13.7 Å². The minimum Gasteiger partial charge on any atom is -0.497 e. The second kappa shape index (κ2) is 7.69. The van der Waals surface area contributed by atoms with E-state index in [0.717, 1.165) is 4.47 Å². The Morgan fingerprint density at radius 3 is 2.65 bits per heavy atom. The zero-order valence-electron chi connectivity index (χ0n) is 11.2. The summed E-state index contributed by atoms with van der Waals surface area (Å²) < 4.78 is 10.7. The van der Waals surface area contributed by atoms with Crippen molar-refractivity contribution in [3.63, 3.8) is 0 Å². The molecule has 0 bridgehead atoms. The lowest BCUT2D eigenvalue weighted by Crippen LogP contribution is -2.11. The van der Waals surface area contributed by atoms with Crippen molar-refractivity contribution in [2.45, 2.75) is 13.3 Å². The van der Waals surface area contributed by atoms with E-state index in [0.29, 0.717) is 11.3 Å². The van der Waals surface area contributed by atoms with Gasteiger partial charge in [-0.05, 0) is 36.8 Å². The van der Waals surface area contributed by atoms with Crippen LogP contribution in [0.5, 0.6) is 5.75 Å². The number of carbonyl (C=O) groups excluding carboxylic acids is 1. The van der Waals surface area contributed by atoms with Gasteiger partial charge < -0.3 is 14.6 Å². The molecular formula is C14H15BrO5. The largest absolute Gasteiger partial charge is 0.497 e. The number of carboxylic acids is 1. The zero-order chi connectivity index (χ0) is 15.1. The van der Waals surface area contributed by atoms with E-state index in [1.165, 1.54) is 13.2 Å². The van der Waals surface area contributed by atoms with Crippen LogP contribution in [0.3, 0.4) is 0 Å². The molecular weight excluding hydrogens is 328 g/mol.